The number of nitrogens with one attached hydrogen (secondary N) is 4. The summed E-state index contributed by atoms with van der Waals surface area (Å²) in [6.45, 7) is 14.2. The van der Waals surface area contributed by atoms with Gasteiger partial charge in [0.05, 0.1) is 0 Å². The van der Waals surface area contributed by atoms with Crippen LogP contribution in [-0.2, 0) is 48.1 Å². The van der Waals surface area contributed by atoms with Crippen LogP contribution in [0.15, 0.2) is 22.6 Å². The number of aliphatic carboxylic acids is 2. The highest BCUT2D eigenvalue weighted by Crippen LogP contribution is 2.41. The molecule has 1 unspecified atom stereocenters. The number of fused-ring (bicyclic) bond motifs is 8. The van der Waals surface area contributed by atoms with E-state index in [2.05, 4.69) is 46.4 Å². The number of H-pyrrole nitrogens is 3. The normalized spacial score (nSPS) is 20.5. The van der Waals surface area contributed by atoms with E-state index in [-0.39, 0.29) is 30.6 Å². The van der Waals surface area contributed by atoms with E-state index in [1.54, 1.807) is 0 Å². The molecule has 5 heterocycles. The summed E-state index contributed by atoms with van der Waals surface area (Å²) in [5.74, 6) is -1.72. The maximum absolute atomic E-state index is 12.2. The molecule has 0 spiro atoms. The van der Waals surface area contributed by atoms with E-state index in [1.807, 2.05) is 27.7 Å². The molecule has 3 aromatic heterocycles. The van der Waals surface area contributed by atoms with Gasteiger partial charge in [-0.2, -0.15) is 12.6 Å². The molecule has 2 aliphatic rings. The van der Waals surface area contributed by atoms with Gasteiger partial charge >= 0.3 is 11.9 Å². The Balaban J connectivity index is 1.73. The lowest BCUT2D eigenvalue weighted by Gasteiger charge is -2.28. The van der Waals surface area contributed by atoms with Gasteiger partial charge < -0.3 is 30.3 Å². The van der Waals surface area contributed by atoms with Crippen molar-refractivity contribution in [2.24, 2.45) is 0 Å². The van der Waals surface area contributed by atoms with Crippen molar-refractivity contribution in [1.82, 2.24) is 20.3 Å². The Hall–Kier alpha value is -3.12. The van der Waals surface area contributed by atoms with Crippen LogP contribution in [0, 0.1) is 20.8 Å². The Bertz CT molecular complexity index is 1730. The van der Waals surface area contributed by atoms with E-state index in [0.717, 1.165) is 73.1 Å². The van der Waals surface area contributed by atoms with Gasteiger partial charge in [0.25, 0.3) is 0 Å². The summed E-state index contributed by atoms with van der Waals surface area (Å²) < 4.78 is 0. The summed E-state index contributed by atoms with van der Waals surface area (Å²) >= 11 is 9.44. The molecule has 242 valence electrons. The van der Waals surface area contributed by atoms with E-state index in [9.17, 15) is 24.9 Å². The van der Waals surface area contributed by atoms with Gasteiger partial charge in [-0.1, -0.05) is 6.58 Å². The van der Waals surface area contributed by atoms with Crippen LogP contribution in [0.5, 0.6) is 0 Å². The first-order valence-electron chi connectivity index (χ1n) is 15.4. The van der Waals surface area contributed by atoms with E-state index < -0.39 is 17.7 Å². The molecule has 0 saturated heterocycles. The van der Waals surface area contributed by atoms with Gasteiger partial charge in [-0.3, -0.25) is 14.9 Å². The molecule has 0 radical (unpaired) electrons. The Labute approximate surface area is 274 Å². The van der Waals surface area contributed by atoms with Crippen molar-refractivity contribution in [3.05, 3.63) is 90.2 Å². The second-order valence-electron chi connectivity index (χ2n) is 12.8. The van der Waals surface area contributed by atoms with E-state index in [0.29, 0.717) is 42.6 Å². The standard InChI is InChI=1S/C34H44N4O5S2/c1-15-21(7-9-30(39)40)26-13-27-22(8-10-31(41)42)16(2)24(36-27)12-28-32(19(5)44)17(3)29(37-28)14-34(43)33(20(6)45)18(4)25(38-34)11-23(15)35-26/h19,25,35-38,43-45H,6-14H2,1-5H3,(H,39,40)(H,41,42)/t19-,25?,34+/m0/s1. The maximum atomic E-state index is 12.2. The predicted octanol–water partition coefficient (Wildman–Crippen LogP) is 5.32. The largest absolute Gasteiger partial charge is 0.481 e. The zero-order chi connectivity index (χ0) is 33.0. The van der Waals surface area contributed by atoms with Crippen LogP contribution >= 0.6 is 25.3 Å². The number of aromatic amines is 3. The molecule has 0 aromatic carbocycles. The predicted molar refractivity (Wildman–Crippen MR) is 182 cm³/mol. The molecule has 0 amide bonds. The number of hydrogen-bond acceptors (Lipinski definition) is 6. The van der Waals surface area contributed by atoms with Crippen molar-refractivity contribution in [3.8, 4) is 0 Å². The zero-order valence-electron chi connectivity index (χ0n) is 26.6. The van der Waals surface area contributed by atoms with Crippen molar-refractivity contribution >= 4 is 37.2 Å². The van der Waals surface area contributed by atoms with Gasteiger partial charge in [-0.05, 0) is 86.4 Å². The Kier molecular flexibility index (Phi) is 9.30. The monoisotopic (exact) mass is 652 g/mol. The molecule has 8 bridgehead atoms. The summed E-state index contributed by atoms with van der Waals surface area (Å²) in [7, 11) is 0. The molecule has 0 saturated carbocycles. The third kappa shape index (κ3) is 6.32. The highest BCUT2D eigenvalue weighted by molar-refractivity contribution is 7.84. The molecule has 5 rings (SSSR count). The molecule has 7 N–H and O–H groups in total. The number of aliphatic hydroxyl groups is 1. The second-order valence-corrected chi connectivity index (χ2v) is 14.1. The number of carbonyl (C=O) groups is 2. The van der Waals surface area contributed by atoms with E-state index >= 15 is 0 Å². The van der Waals surface area contributed by atoms with Gasteiger partial charge in [0.15, 0.2) is 0 Å². The summed E-state index contributed by atoms with van der Waals surface area (Å²) in [5.41, 5.74) is 12.0. The summed E-state index contributed by atoms with van der Waals surface area (Å²) in [4.78, 5) is 34.7. The molecule has 3 atom stereocenters. The number of carboxylic acids is 2. The number of hydrogen-bond donors (Lipinski definition) is 9. The fraction of sp³-hybridized carbons (Fsp3) is 0.471. The van der Waals surface area contributed by atoms with Crippen LogP contribution in [0.3, 0.4) is 0 Å². The minimum Gasteiger partial charge on any atom is -0.481 e. The topological polar surface area (TPSA) is 154 Å². The van der Waals surface area contributed by atoms with Crippen molar-refractivity contribution in [2.45, 2.75) is 103 Å². The van der Waals surface area contributed by atoms with E-state index in [1.165, 1.54) is 0 Å². The minimum absolute atomic E-state index is 0.00499. The van der Waals surface area contributed by atoms with E-state index in [4.69, 9.17) is 12.6 Å². The summed E-state index contributed by atoms with van der Waals surface area (Å²) in [5, 5.41) is 34.7. The highest BCUT2D eigenvalue weighted by Gasteiger charge is 2.44. The fourth-order valence-corrected chi connectivity index (χ4v) is 8.26. The van der Waals surface area contributed by atoms with Gasteiger partial charge in [0.2, 0.25) is 0 Å². The Morgan fingerprint density at radius 2 is 1.38 bits per heavy atom. The Morgan fingerprint density at radius 1 is 0.867 bits per heavy atom. The average Bonchev–Trinajstić information content (AvgIpc) is 3.57. The van der Waals surface area contributed by atoms with Crippen LogP contribution in [0.2, 0.25) is 0 Å². The fourth-order valence-electron chi connectivity index (χ4n) is 7.55. The smallest absolute Gasteiger partial charge is 0.303 e. The molecule has 9 nitrogen and oxygen atoms in total. The van der Waals surface area contributed by atoms with Crippen molar-refractivity contribution in [3.63, 3.8) is 0 Å². The van der Waals surface area contributed by atoms with Crippen molar-refractivity contribution in [2.75, 3.05) is 0 Å². The van der Waals surface area contributed by atoms with Crippen molar-refractivity contribution < 1.29 is 24.9 Å². The van der Waals surface area contributed by atoms with Crippen LogP contribution < -0.4 is 5.32 Å². The first kappa shape index (κ1) is 33.2. The molecule has 2 aliphatic heterocycles. The molecule has 0 fully saturated rings. The second kappa shape index (κ2) is 12.6. The number of rotatable bonds is 8. The van der Waals surface area contributed by atoms with Crippen molar-refractivity contribution in [1.29, 1.82) is 0 Å². The third-order valence-electron chi connectivity index (χ3n) is 9.80. The molecule has 45 heavy (non-hydrogen) atoms. The first-order valence-corrected chi connectivity index (χ1v) is 16.4. The lowest BCUT2D eigenvalue weighted by molar-refractivity contribution is -0.138. The maximum Gasteiger partial charge on any atom is 0.303 e. The minimum atomic E-state index is -1.41. The summed E-state index contributed by atoms with van der Waals surface area (Å²) in [6.07, 6.45) is 2.59. The zero-order valence-corrected chi connectivity index (χ0v) is 28.4. The van der Waals surface area contributed by atoms with Gasteiger partial charge in [-0.15, -0.1) is 12.6 Å². The van der Waals surface area contributed by atoms with Crippen LogP contribution in [0.1, 0.15) is 99.5 Å². The third-order valence-corrected chi connectivity index (χ3v) is 10.3. The van der Waals surface area contributed by atoms with Crippen LogP contribution in [0.25, 0.3) is 0 Å². The Morgan fingerprint density at radius 3 is 1.91 bits per heavy atom. The lowest BCUT2D eigenvalue weighted by atomic mass is 9.93. The van der Waals surface area contributed by atoms with Crippen LogP contribution in [-0.4, -0.2) is 54.0 Å². The molecular weight excluding hydrogens is 609 g/mol. The van der Waals surface area contributed by atoms with Gasteiger partial charge in [-0.25, -0.2) is 0 Å². The molecular formula is C34H44N4O5S2. The highest BCUT2D eigenvalue weighted by atomic mass is 32.1. The number of carboxylic acid groups (broad SMARTS) is 2. The lowest BCUT2D eigenvalue weighted by Crippen LogP contribution is -2.48. The van der Waals surface area contributed by atoms with Gasteiger partial charge in [0, 0.05) is 94.5 Å². The average molecular weight is 653 g/mol. The molecule has 11 heteroatoms. The SMILES string of the molecule is C=C(S)C1=C(C)C2Cc3[nH]c(c(CCC(=O)O)c3C)Cc3[nH]c(c(C)c3CCC(=O)O)Cc3[nH]c(c(C)c3[C@H](C)S)C[C@]1(O)N2. The molecule has 0 aliphatic carbocycles. The molecule has 3 aromatic rings. The first-order chi connectivity index (χ1) is 21.1. The summed E-state index contributed by atoms with van der Waals surface area (Å²) in [6, 6.07) is -0.220. The quantitative estimate of drug-likeness (QED) is 0.150. The number of thiol groups is 2. The van der Waals surface area contributed by atoms with Crippen LogP contribution in [0.4, 0.5) is 0 Å². The van der Waals surface area contributed by atoms with Gasteiger partial charge in [0.1, 0.15) is 5.72 Å². The number of aromatic nitrogens is 3.